The fourth-order valence-corrected chi connectivity index (χ4v) is 3.56. The predicted octanol–water partition coefficient (Wildman–Crippen LogP) is 4.12. The summed E-state index contributed by atoms with van der Waals surface area (Å²) in [6, 6.07) is 19.5. The first kappa shape index (κ1) is 19.4. The van der Waals surface area contributed by atoms with Crippen LogP contribution in [0.15, 0.2) is 79.1 Å². The normalized spacial score (nSPS) is 11.9. The molecular weight excluding hydrogens is 378 g/mol. The minimum absolute atomic E-state index is 0.167. The Morgan fingerprint density at radius 1 is 1.10 bits per heavy atom. The molecule has 2 N–H and O–H groups in total. The molecule has 6 nitrogen and oxygen atoms in total. The van der Waals surface area contributed by atoms with Gasteiger partial charge in [-0.05, 0) is 18.6 Å². The Balaban J connectivity index is 1.81. The van der Waals surface area contributed by atoms with E-state index < -0.39 is 5.91 Å². The maximum atomic E-state index is 13.3. The largest absolute Gasteiger partial charge is 0.619 e. The summed E-state index contributed by atoms with van der Waals surface area (Å²) in [6.45, 7) is 1.92. The van der Waals surface area contributed by atoms with Gasteiger partial charge in [0, 0.05) is 22.6 Å². The van der Waals surface area contributed by atoms with Crippen molar-refractivity contribution in [1.82, 2.24) is 10.3 Å². The zero-order chi connectivity index (χ0) is 21.1. The summed E-state index contributed by atoms with van der Waals surface area (Å²) in [5.41, 5.74) is 2.56. The first-order valence-corrected chi connectivity index (χ1v) is 9.75. The second-order valence-electron chi connectivity index (χ2n) is 7.00. The molecule has 1 unspecified atom stereocenters. The molecule has 30 heavy (non-hydrogen) atoms. The number of fused-ring (bicyclic) bond motifs is 1. The van der Waals surface area contributed by atoms with E-state index in [1.807, 2.05) is 49.4 Å². The SMILES string of the molecule is CCC(NC(=O)c1c(O)c(-c2ccccc2)nc2ccccc12)c1ccc[n+]([O-])c1. The van der Waals surface area contributed by atoms with Gasteiger partial charge < -0.3 is 15.6 Å². The van der Waals surface area contributed by atoms with Crippen LogP contribution in [0.5, 0.6) is 5.75 Å². The van der Waals surface area contributed by atoms with Crippen molar-refractivity contribution in [3.63, 3.8) is 0 Å². The third kappa shape index (κ3) is 3.67. The molecule has 4 aromatic rings. The van der Waals surface area contributed by atoms with Gasteiger partial charge in [0.2, 0.25) is 0 Å². The molecule has 0 saturated carbocycles. The Bertz CT molecular complexity index is 1210. The van der Waals surface area contributed by atoms with Gasteiger partial charge in [-0.1, -0.05) is 55.5 Å². The van der Waals surface area contributed by atoms with Crippen LogP contribution >= 0.6 is 0 Å². The monoisotopic (exact) mass is 399 g/mol. The number of hydrogen-bond acceptors (Lipinski definition) is 4. The highest BCUT2D eigenvalue weighted by atomic mass is 16.5. The van der Waals surface area contributed by atoms with E-state index in [-0.39, 0.29) is 17.4 Å². The summed E-state index contributed by atoms with van der Waals surface area (Å²) in [6.07, 6.45) is 3.42. The van der Waals surface area contributed by atoms with Crippen molar-refractivity contribution in [1.29, 1.82) is 0 Å². The molecule has 4 rings (SSSR count). The van der Waals surface area contributed by atoms with E-state index in [1.54, 1.807) is 24.3 Å². The average Bonchev–Trinajstić information content (AvgIpc) is 2.77. The van der Waals surface area contributed by atoms with Gasteiger partial charge in [-0.15, -0.1) is 0 Å². The average molecular weight is 399 g/mol. The lowest BCUT2D eigenvalue weighted by atomic mass is 10.0. The molecule has 0 bridgehead atoms. The minimum Gasteiger partial charge on any atom is -0.619 e. The molecule has 150 valence electrons. The lowest BCUT2D eigenvalue weighted by Crippen LogP contribution is -2.32. The van der Waals surface area contributed by atoms with Crippen LogP contribution in [0.4, 0.5) is 0 Å². The zero-order valence-corrected chi connectivity index (χ0v) is 16.4. The van der Waals surface area contributed by atoms with Crippen molar-refractivity contribution < 1.29 is 14.6 Å². The van der Waals surface area contributed by atoms with Crippen LogP contribution in [0.3, 0.4) is 0 Å². The van der Waals surface area contributed by atoms with Crippen molar-refractivity contribution >= 4 is 16.8 Å². The van der Waals surface area contributed by atoms with E-state index in [0.29, 0.717) is 33.3 Å². The fraction of sp³-hybridized carbons (Fsp3) is 0.125. The van der Waals surface area contributed by atoms with Gasteiger partial charge in [0.15, 0.2) is 18.1 Å². The van der Waals surface area contributed by atoms with Crippen LogP contribution in [0.25, 0.3) is 22.2 Å². The van der Waals surface area contributed by atoms with Crippen LogP contribution in [-0.2, 0) is 0 Å². The maximum Gasteiger partial charge on any atom is 0.256 e. The van der Waals surface area contributed by atoms with Crippen LogP contribution in [0.2, 0.25) is 0 Å². The van der Waals surface area contributed by atoms with Gasteiger partial charge in [0.1, 0.15) is 5.69 Å². The van der Waals surface area contributed by atoms with Crippen molar-refractivity contribution in [2.75, 3.05) is 0 Å². The number of nitrogens with zero attached hydrogens (tertiary/aromatic N) is 2. The molecule has 0 spiro atoms. The quantitative estimate of drug-likeness (QED) is 0.390. The molecule has 2 aromatic carbocycles. The highest BCUT2D eigenvalue weighted by Crippen LogP contribution is 2.35. The van der Waals surface area contributed by atoms with Crippen LogP contribution in [-0.4, -0.2) is 16.0 Å². The van der Waals surface area contributed by atoms with Gasteiger partial charge in [0.25, 0.3) is 5.91 Å². The van der Waals surface area contributed by atoms with Gasteiger partial charge in [-0.3, -0.25) is 4.79 Å². The van der Waals surface area contributed by atoms with E-state index >= 15 is 0 Å². The summed E-state index contributed by atoms with van der Waals surface area (Å²) in [4.78, 5) is 17.9. The number of carbonyl (C=O) groups excluding carboxylic acids is 1. The Morgan fingerprint density at radius 2 is 1.83 bits per heavy atom. The Morgan fingerprint density at radius 3 is 2.57 bits per heavy atom. The zero-order valence-electron chi connectivity index (χ0n) is 16.4. The molecule has 2 aromatic heterocycles. The van der Waals surface area contributed by atoms with Gasteiger partial charge in [-0.2, -0.15) is 4.73 Å². The molecular formula is C24H21N3O3. The molecule has 0 aliphatic heterocycles. The third-order valence-electron chi connectivity index (χ3n) is 5.05. The lowest BCUT2D eigenvalue weighted by molar-refractivity contribution is -0.606. The van der Waals surface area contributed by atoms with Gasteiger partial charge >= 0.3 is 0 Å². The molecule has 0 fully saturated rings. The maximum absolute atomic E-state index is 13.3. The van der Waals surface area contributed by atoms with Crippen LogP contribution < -0.4 is 10.0 Å². The van der Waals surface area contributed by atoms with Crippen LogP contribution in [0.1, 0.15) is 35.3 Å². The predicted molar refractivity (Wildman–Crippen MR) is 115 cm³/mol. The second-order valence-corrected chi connectivity index (χ2v) is 7.00. The summed E-state index contributed by atoms with van der Waals surface area (Å²) in [5, 5.41) is 26.2. The van der Waals surface area contributed by atoms with E-state index in [4.69, 9.17) is 0 Å². The van der Waals surface area contributed by atoms with Crippen molar-refractivity contribution in [3.05, 3.63) is 95.5 Å². The molecule has 0 aliphatic carbocycles. The molecule has 2 heterocycles. The summed E-state index contributed by atoms with van der Waals surface area (Å²) in [7, 11) is 0. The highest BCUT2D eigenvalue weighted by Gasteiger charge is 2.24. The third-order valence-corrected chi connectivity index (χ3v) is 5.05. The number of nitrogens with one attached hydrogen (secondary N) is 1. The first-order chi connectivity index (χ1) is 14.6. The van der Waals surface area contributed by atoms with Gasteiger partial charge in [0.05, 0.1) is 17.1 Å². The number of para-hydroxylation sites is 1. The number of benzene rings is 2. The Hall–Kier alpha value is -3.93. The topological polar surface area (TPSA) is 89.2 Å². The minimum atomic E-state index is -0.420. The van der Waals surface area contributed by atoms with Crippen molar-refractivity contribution in [2.45, 2.75) is 19.4 Å². The molecule has 1 atom stereocenters. The number of carbonyl (C=O) groups is 1. The molecule has 6 heteroatoms. The second kappa shape index (κ2) is 8.21. The smallest absolute Gasteiger partial charge is 0.256 e. The molecule has 0 radical (unpaired) electrons. The Kier molecular flexibility index (Phi) is 5.30. The summed E-state index contributed by atoms with van der Waals surface area (Å²) in [5.74, 6) is -0.587. The summed E-state index contributed by atoms with van der Waals surface area (Å²) >= 11 is 0. The van der Waals surface area contributed by atoms with E-state index in [2.05, 4.69) is 10.3 Å². The molecule has 0 aliphatic rings. The number of aromatic hydroxyl groups is 1. The number of amides is 1. The number of rotatable bonds is 5. The van der Waals surface area contributed by atoms with Crippen molar-refractivity contribution in [2.24, 2.45) is 0 Å². The first-order valence-electron chi connectivity index (χ1n) is 9.75. The van der Waals surface area contributed by atoms with E-state index in [1.165, 1.54) is 12.4 Å². The standard InChI is InChI=1S/C24H21N3O3/c1-2-19(17-11-8-14-27(30)15-17)26-24(29)21-18-12-6-7-13-20(18)25-22(23(21)28)16-9-4-3-5-10-16/h3-15,19,28H,2H2,1H3,(H,26,29). The highest BCUT2D eigenvalue weighted by molar-refractivity contribution is 6.10. The summed E-state index contributed by atoms with van der Waals surface area (Å²) < 4.78 is 0.705. The lowest BCUT2D eigenvalue weighted by Gasteiger charge is -2.19. The van der Waals surface area contributed by atoms with Crippen molar-refractivity contribution in [3.8, 4) is 17.0 Å². The Labute approximate surface area is 174 Å². The molecule has 0 saturated heterocycles. The van der Waals surface area contributed by atoms with Gasteiger partial charge in [-0.25, -0.2) is 4.98 Å². The fourth-order valence-electron chi connectivity index (χ4n) is 3.56. The number of pyridine rings is 2. The van der Waals surface area contributed by atoms with E-state index in [9.17, 15) is 15.1 Å². The number of aromatic nitrogens is 2. The van der Waals surface area contributed by atoms with E-state index in [0.717, 1.165) is 5.56 Å². The number of hydrogen-bond donors (Lipinski definition) is 2. The molecule has 1 amide bonds. The van der Waals surface area contributed by atoms with Crippen LogP contribution in [0, 0.1) is 5.21 Å².